The molecule has 0 aliphatic carbocycles. The molecule has 3 rings (SSSR count). The van der Waals surface area contributed by atoms with E-state index >= 15 is 0 Å². The fraction of sp³-hybridized carbons (Fsp3) is 0.238. The summed E-state index contributed by atoms with van der Waals surface area (Å²) in [6.45, 7) is 2.57. The fourth-order valence-electron chi connectivity index (χ4n) is 2.97. The van der Waals surface area contributed by atoms with E-state index in [0.717, 1.165) is 12.0 Å². The Morgan fingerprint density at radius 3 is 2.81 bits per heavy atom. The third-order valence-electron chi connectivity index (χ3n) is 4.47. The lowest BCUT2D eigenvalue weighted by Crippen LogP contribution is -2.24. The molecule has 0 fully saturated rings. The van der Waals surface area contributed by atoms with Crippen LogP contribution in [0.25, 0.3) is 0 Å². The first-order chi connectivity index (χ1) is 15.0. The van der Waals surface area contributed by atoms with E-state index in [0.29, 0.717) is 17.8 Å². The summed E-state index contributed by atoms with van der Waals surface area (Å²) in [7, 11) is 0. The van der Waals surface area contributed by atoms with Gasteiger partial charge >= 0.3 is 0 Å². The van der Waals surface area contributed by atoms with Crippen LogP contribution in [-0.2, 0) is 0 Å². The second kappa shape index (κ2) is 9.98. The van der Waals surface area contributed by atoms with Crippen LogP contribution < -0.4 is 16.4 Å². The van der Waals surface area contributed by atoms with E-state index in [4.69, 9.17) is 5.73 Å². The Balaban J connectivity index is 1.81. The van der Waals surface area contributed by atoms with Gasteiger partial charge < -0.3 is 16.4 Å². The molecule has 1 aromatic carbocycles. The highest BCUT2D eigenvalue weighted by Crippen LogP contribution is 2.24. The predicted octanol–water partition coefficient (Wildman–Crippen LogP) is 2.15. The Labute approximate surface area is 179 Å². The summed E-state index contributed by atoms with van der Waals surface area (Å²) in [6.07, 6.45) is 6.81. The van der Waals surface area contributed by atoms with Gasteiger partial charge in [-0.05, 0) is 24.1 Å². The van der Waals surface area contributed by atoms with Gasteiger partial charge in [0, 0.05) is 30.7 Å². The van der Waals surface area contributed by atoms with Gasteiger partial charge in [0.2, 0.25) is 0 Å². The van der Waals surface area contributed by atoms with E-state index in [1.807, 2.05) is 13.0 Å². The molecule has 31 heavy (non-hydrogen) atoms. The largest absolute Gasteiger partial charge is 0.382 e. The lowest BCUT2D eigenvalue weighted by Gasteiger charge is -2.16. The van der Waals surface area contributed by atoms with E-state index in [1.165, 1.54) is 18.6 Å². The summed E-state index contributed by atoms with van der Waals surface area (Å²) in [4.78, 5) is 32.5. The van der Waals surface area contributed by atoms with Crippen LogP contribution in [0.1, 0.15) is 52.2 Å². The number of hydrogen-bond acceptors (Lipinski definition) is 7. The number of nitrogens with zero attached hydrogens (tertiary/aromatic N) is 5. The molecule has 2 aromatic heterocycles. The van der Waals surface area contributed by atoms with Crippen LogP contribution in [0.4, 0.5) is 11.5 Å². The molecule has 10 heteroatoms. The normalized spacial score (nSPS) is 11.4. The quantitative estimate of drug-likeness (QED) is 0.507. The van der Waals surface area contributed by atoms with Crippen LogP contribution in [0.15, 0.2) is 49.1 Å². The first kappa shape index (κ1) is 21.4. The number of hydrogen-bond donors (Lipinski definition) is 3. The van der Waals surface area contributed by atoms with E-state index in [2.05, 4.69) is 31.8 Å². The number of amides is 2. The summed E-state index contributed by atoms with van der Waals surface area (Å²) >= 11 is 0. The maximum Gasteiger partial charge on any atom is 0.278 e. The van der Waals surface area contributed by atoms with Crippen molar-refractivity contribution in [2.45, 2.75) is 25.8 Å². The molecule has 3 aromatic rings. The molecule has 0 spiro atoms. The van der Waals surface area contributed by atoms with Crippen molar-refractivity contribution in [1.82, 2.24) is 25.1 Å². The summed E-state index contributed by atoms with van der Waals surface area (Å²) in [6, 6.07) is 8.78. The highest BCUT2D eigenvalue weighted by atomic mass is 16.2. The van der Waals surface area contributed by atoms with E-state index in [1.54, 1.807) is 29.1 Å². The van der Waals surface area contributed by atoms with Gasteiger partial charge in [-0.15, -0.1) is 0 Å². The number of rotatable bonds is 8. The van der Waals surface area contributed by atoms with Gasteiger partial charge in [-0.2, -0.15) is 10.4 Å². The van der Waals surface area contributed by atoms with Crippen LogP contribution in [0, 0.1) is 11.3 Å². The molecule has 0 bridgehead atoms. The van der Waals surface area contributed by atoms with Gasteiger partial charge in [-0.25, -0.2) is 9.97 Å². The zero-order valence-electron chi connectivity index (χ0n) is 16.9. The van der Waals surface area contributed by atoms with Crippen LogP contribution in [0.3, 0.4) is 0 Å². The van der Waals surface area contributed by atoms with Gasteiger partial charge in [0.15, 0.2) is 11.5 Å². The van der Waals surface area contributed by atoms with E-state index < -0.39 is 11.9 Å². The first-order valence-electron chi connectivity index (χ1n) is 9.70. The first-order valence-corrected chi connectivity index (χ1v) is 9.70. The number of nitrogen functional groups attached to an aromatic ring is 1. The number of anilines is 2. The van der Waals surface area contributed by atoms with Gasteiger partial charge in [0.25, 0.3) is 11.8 Å². The number of nitriles is 1. The summed E-state index contributed by atoms with van der Waals surface area (Å²) < 4.78 is 1.57. The maximum atomic E-state index is 12.4. The minimum Gasteiger partial charge on any atom is -0.382 e. The minimum absolute atomic E-state index is 0.00891. The minimum atomic E-state index is -0.517. The molecule has 10 nitrogen and oxygen atoms in total. The molecule has 2 amide bonds. The Kier molecular flexibility index (Phi) is 6.90. The molecule has 158 valence electrons. The van der Waals surface area contributed by atoms with Crippen LogP contribution in [-0.4, -0.2) is 38.1 Å². The van der Waals surface area contributed by atoms with E-state index in [9.17, 15) is 14.9 Å². The molecule has 0 aliphatic rings. The smallest absolute Gasteiger partial charge is 0.278 e. The monoisotopic (exact) mass is 418 g/mol. The molecule has 4 N–H and O–H groups in total. The van der Waals surface area contributed by atoms with Crippen LogP contribution in [0.5, 0.6) is 0 Å². The Hall–Kier alpha value is -4.26. The van der Waals surface area contributed by atoms with Crippen molar-refractivity contribution in [3.8, 4) is 6.07 Å². The third-order valence-corrected chi connectivity index (χ3v) is 4.47. The van der Waals surface area contributed by atoms with Crippen molar-refractivity contribution >= 4 is 23.3 Å². The van der Waals surface area contributed by atoms with E-state index in [-0.39, 0.29) is 23.8 Å². The zero-order chi connectivity index (χ0) is 22.2. The molecule has 0 saturated heterocycles. The Morgan fingerprint density at radius 1 is 1.26 bits per heavy atom. The molecule has 1 atom stereocenters. The summed E-state index contributed by atoms with van der Waals surface area (Å²) in [5.41, 5.74) is 7.37. The molecule has 2 heterocycles. The number of aromatic nitrogens is 4. The molecule has 1 unspecified atom stereocenters. The number of carbonyl (C=O) groups is 2. The molecular formula is C21H22N8O2. The van der Waals surface area contributed by atoms with Gasteiger partial charge in [0.1, 0.15) is 0 Å². The van der Waals surface area contributed by atoms with Gasteiger partial charge in [0.05, 0.1) is 30.4 Å². The summed E-state index contributed by atoms with van der Waals surface area (Å²) in [5, 5.41) is 19.1. The average Bonchev–Trinajstić information content (AvgIpc) is 3.24. The van der Waals surface area contributed by atoms with Crippen molar-refractivity contribution in [2.75, 3.05) is 17.6 Å². The van der Waals surface area contributed by atoms with Crippen molar-refractivity contribution in [3.63, 3.8) is 0 Å². The number of benzene rings is 1. The third kappa shape index (κ3) is 5.22. The predicted molar refractivity (Wildman–Crippen MR) is 114 cm³/mol. The second-order valence-corrected chi connectivity index (χ2v) is 6.71. The molecule has 0 saturated carbocycles. The van der Waals surface area contributed by atoms with Crippen molar-refractivity contribution in [2.24, 2.45) is 0 Å². The lowest BCUT2D eigenvalue weighted by molar-refractivity contribution is 0.0952. The van der Waals surface area contributed by atoms with Crippen LogP contribution >= 0.6 is 0 Å². The van der Waals surface area contributed by atoms with Crippen molar-refractivity contribution in [1.29, 1.82) is 5.26 Å². The second-order valence-electron chi connectivity index (χ2n) is 6.71. The zero-order valence-corrected chi connectivity index (χ0v) is 16.9. The topological polar surface area (TPSA) is 152 Å². The highest BCUT2D eigenvalue weighted by molar-refractivity contribution is 6.05. The molecular weight excluding hydrogens is 396 g/mol. The van der Waals surface area contributed by atoms with Gasteiger partial charge in [-0.3, -0.25) is 14.3 Å². The Morgan fingerprint density at radius 2 is 2.06 bits per heavy atom. The fourth-order valence-corrected chi connectivity index (χ4v) is 2.97. The SMILES string of the molecule is CCCNC(=O)c1cccc(C(CC#N)n2cc(NC(=O)c3nccnc3N)cn2)c1. The lowest BCUT2D eigenvalue weighted by atomic mass is 10.0. The number of carbonyl (C=O) groups excluding carboxylic acids is 2. The standard InChI is InChI=1S/C21H22N8O2/c1-2-8-26-20(30)15-5-3-4-14(11-15)17(6-7-22)29-13-16(12-27-29)28-21(31)18-19(23)25-10-9-24-18/h3-5,9-13,17H,2,6,8H2,1H3,(H2,23,25)(H,26,30)(H,28,31). The summed E-state index contributed by atoms with van der Waals surface area (Å²) in [5.74, 6) is -0.668. The van der Waals surface area contributed by atoms with Crippen molar-refractivity contribution in [3.05, 3.63) is 65.9 Å². The maximum absolute atomic E-state index is 12.4. The Bertz CT molecular complexity index is 1120. The molecule has 0 aliphatic heterocycles. The van der Waals surface area contributed by atoms with Gasteiger partial charge in [-0.1, -0.05) is 19.1 Å². The highest BCUT2D eigenvalue weighted by Gasteiger charge is 2.18. The average molecular weight is 418 g/mol. The van der Waals surface area contributed by atoms with Crippen molar-refractivity contribution < 1.29 is 9.59 Å². The molecule has 0 radical (unpaired) electrons. The number of nitrogens with two attached hydrogens (primary N) is 1. The van der Waals surface area contributed by atoms with Crippen LogP contribution in [0.2, 0.25) is 0 Å². The number of nitrogens with one attached hydrogen (secondary N) is 2.